The summed E-state index contributed by atoms with van der Waals surface area (Å²) in [5.41, 5.74) is -0.0417. The fourth-order valence-corrected chi connectivity index (χ4v) is 0.475. The third kappa shape index (κ3) is 0.789. The summed E-state index contributed by atoms with van der Waals surface area (Å²) in [4.78, 5) is 10.2. The van der Waals surface area contributed by atoms with Crippen molar-refractivity contribution in [2.45, 2.75) is 6.17 Å². The smallest absolute Gasteiger partial charge is 0.351 e. The third-order valence-electron chi connectivity index (χ3n) is 0.949. The van der Waals surface area contributed by atoms with Gasteiger partial charge in [0.15, 0.2) is 0 Å². The van der Waals surface area contributed by atoms with Crippen molar-refractivity contribution in [3.8, 4) is 12.3 Å². The van der Waals surface area contributed by atoms with Crippen LogP contribution < -0.4 is 0 Å². The van der Waals surface area contributed by atoms with Crippen molar-refractivity contribution in [1.29, 1.82) is 0 Å². The van der Waals surface area contributed by atoms with E-state index in [2.05, 4.69) is 4.74 Å². The molecule has 1 aliphatic rings. The van der Waals surface area contributed by atoms with E-state index in [1.807, 2.05) is 5.92 Å². The summed E-state index contributed by atoms with van der Waals surface area (Å²) in [5.74, 6) is 1.06. The van der Waals surface area contributed by atoms with Gasteiger partial charge in [0.05, 0.1) is 5.57 Å². The lowest BCUT2D eigenvalue weighted by atomic mass is 10.2. The van der Waals surface area contributed by atoms with Crippen LogP contribution in [0.25, 0.3) is 0 Å². The zero-order valence-corrected chi connectivity index (χ0v) is 4.43. The molecule has 1 unspecified atom stereocenters. The predicted octanol–water partition coefficient (Wildman–Crippen LogP) is 0.398. The van der Waals surface area contributed by atoms with Gasteiger partial charge in [0.25, 0.3) is 0 Å². The average Bonchev–Trinajstić information content (AvgIpc) is 2.15. The van der Waals surface area contributed by atoms with Crippen LogP contribution in [0.5, 0.6) is 0 Å². The number of alkyl halides is 1. The highest BCUT2D eigenvalue weighted by molar-refractivity contribution is 5.83. The highest BCUT2D eigenvalue weighted by Crippen LogP contribution is 2.14. The maximum atomic E-state index is 12.3. The predicted molar refractivity (Wildman–Crippen MR) is 27.9 cm³/mol. The second kappa shape index (κ2) is 1.90. The van der Waals surface area contributed by atoms with E-state index in [9.17, 15) is 9.18 Å². The molecule has 46 valence electrons. The second-order valence-corrected chi connectivity index (χ2v) is 1.52. The zero-order valence-electron chi connectivity index (χ0n) is 4.43. The quantitative estimate of drug-likeness (QED) is 0.347. The van der Waals surface area contributed by atoms with Gasteiger partial charge in [-0.1, -0.05) is 5.92 Å². The highest BCUT2D eigenvalue weighted by atomic mass is 19.1. The van der Waals surface area contributed by atoms with Crippen LogP contribution >= 0.6 is 0 Å². The maximum absolute atomic E-state index is 12.3. The van der Waals surface area contributed by atoms with E-state index in [1.54, 1.807) is 0 Å². The summed E-state index contributed by atoms with van der Waals surface area (Å²) in [6, 6.07) is 0. The number of cyclic esters (lactones) is 1. The molecule has 0 N–H and O–H groups in total. The van der Waals surface area contributed by atoms with Crippen molar-refractivity contribution < 1.29 is 13.9 Å². The summed E-state index contributed by atoms with van der Waals surface area (Å²) in [5, 5.41) is 0. The Balaban J connectivity index is 2.81. The molecule has 0 aromatic rings. The van der Waals surface area contributed by atoms with E-state index in [4.69, 9.17) is 6.42 Å². The molecular weight excluding hydrogens is 123 g/mol. The van der Waals surface area contributed by atoms with Crippen LogP contribution in [0, 0.1) is 12.3 Å². The molecule has 1 heterocycles. The van der Waals surface area contributed by atoms with Crippen LogP contribution in [0.4, 0.5) is 4.39 Å². The topological polar surface area (TPSA) is 26.3 Å². The van der Waals surface area contributed by atoms with E-state index in [1.165, 1.54) is 0 Å². The standard InChI is InChI=1S/C6H3FO2/c1-2-4-3-9-6(8)5(4)7/h1,3,5H. The van der Waals surface area contributed by atoms with Gasteiger partial charge in [0.1, 0.15) is 6.26 Å². The Labute approximate surface area is 51.3 Å². The number of ether oxygens (including phenoxy) is 1. The Bertz CT molecular complexity index is 212. The van der Waals surface area contributed by atoms with Crippen molar-refractivity contribution in [3.05, 3.63) is 11.8 Å². The molecule has 0 bridgehead atoms. The number of carbonyl (C=O) groups is 1. The van der Waals surface area contributed by atoms with Crippen molar-refractivity contribution in [2.75, 3.05) is 0 Å². The number of rotatable bonds is 0. The first-order chi connectivity index (χ1) is 4.25. The average molecular weight is 126 g/mol. The molecule has 1 aliphatic heterocycles. The number of carbonyl (C=O) groups excluding carboxylic acids is 1. The number of hydrogen-bond acceptors (Lipinski definition) is 2. The van der Waals surface area contributed by atoms with Gasteiger partial charge in [0.2, 0.25) is 6.17 Å². The molecule has 0 saturated carbocycles. The fourth-order valence-electron chi connectivity index (χ4n) is 0.475. The minimum Gasteiger partial charge on any atom is -0.431 e. The van der Waals surface area contributed by atoms with Gasteiger partial charge in [-0.25, -0.2) is 9.18 Å². The molecule has 1 rings (SSSR count). The van der Waals surface area contributed by atoms with Crippen molar-refractivity contribution >= 4 is 5.97 Å². The molecule has 0 aromatic heterocycles. The van der Waals surface area contributed by atoms with Crippen molar-refractivity contribution in [2.24, 2.45) is 0 Å². The zero-order chi connectivity index (χ0) is 6.85. The van der Waals surface area contributed by atoms with E-state index < -0.39 is 12.1 Å². The molecule has 0 amide bonds. The Morgan fingerprint density at radius 2 is 2.56 bits per heavy atom. The molecule has 0 aliphatic carbocycles. The summed E-state index contributed by atoms with van der Waals surface area (Å²) >= 11 is 0. The van der Waals surface area contributed by atoms with Crippen LogP contribution in [0.3, 0.4) is 0 Å². The van der Waals surface area contributed by atoms with E-state index in [-0.39, 0.29) is 5.57 Å². The number of halogens is 1. The molecule has 0 saturated heterocycles. The highest BCUT2D eigenvalue weighted by Gasteiger charge is 2.28. The van der Waals surface area contributed by atoms with Gasteiger partial charge in [-0.2, -0.15) is 0 Å². The molecule has 0 aromatic carbocycles. The van der Waals surface area contributed by atoms with E-state index in [0.717, 1.165) is 6.26 Å². The number of esters is 1. The molecule has 9 heavy (non-hydrogen) atoms. The molecule has 0 radical (unpaired) electrons. The molecule has 1 atom stereocenters. The monoisotopic (exact) mass is 126 g/mol. The fraction of sp³-hybridized carbons (Fsp3) is 0.167. The molecule has 3 heteroatoms. The largest absolute Gasteiger partial charge is 0.431 e. The molecule has 0 spiro atoms. The van der Waals surface area contributed by atoms with Crippen molar-refractivity contribution in [3.63, 3.8) is 0 Å². The SMILES string of the molecule is C#CC1=COC(=O)C1F. The Kier molecular flexibility index (Phi) is 1.23. The Morgan fingerprint density at radius 1 is 1.89 bits per heavy atom. The first-order valence-corrected chi connectivity index (χ1v) is 2.27. The first-order valence-electron chi connectivity index (χ1n) is 2.27. The van der Waals surface area contributed by atoms with Crippen LogP contribution in [0.2, 0.25) is 0 Å². The number of terminal acetylenes is 1. The number of hydrogen-bond donors (Lipinski definition) is 0. The third-order valence-corrected chi connectivity index (χ3v) is 0.949. The maximum Gasteiger partial charge on any atom is 0.351 e. The molecule has 0 fully saturated rings. The Hall–Kier alpha value is -1.30. The first kappa shape index (κ1) is 5.83. The van der Waals surface area contributed by atoms with Crippen molar-refractivity contribution in [1.82, 2.24) is 0 Å². The summed E-state index contributed by atoms with van der Waals surface area (Å²) in [6.07, 6.45) is 4.01. The lowest BCUT2D eigenvalue weighted by Crippen LogP contribution is -2.10. The van der Waals surface area contributed by atoms with Gasteiger partial charge < -0.3 is 4.74 Å². The van der Waals surface area contributed by atoms with Gasteiger partial charge in [-0.15, -0.1) is 6.42 Å². The molecular formula is C6H3FO2. The van der Waals surface area contributed by atoms with Gasteiger partial charge in [-0.3, -0.25) is 0 Å². The van der Waals surface area contributed by atoms with Crippen LogP contribution in [-0.4, -0.2) is 12.1 Å². The second-order valence-electron chi connectivity index (χ2n) is 1.52. The van der Waals surface area contributed by atoms with Crippen LogP contribution in [-0.2, 0) is 9.53 Å². The summed E-state index contributed by atoms with van der Waals surface area (Å²) in [7, 11) is 0. The molecule has 2 nitrogen and oxygen atoms in total. The van der Waals surface area contributed by atoms with E-state index in [0.29, 0.717) is 0 Å². The minimum atomic E-state index is -1.74. The normalized spacial score (nSPS) is 24.7. The minimum absolute atomic E-state index is 0.0417. The lowest BCUT2D eigenvalue weighted by molar-refractivity contribution is -0.139. The van der Waals surface area contributed by atoms with Crippen LogP contribution in [0.15, 0.2) is 11.8 Å². The van der Waals surface area contributed by atoms with Gasteiger partial charge in [0, 0.05) is 0 Å². The Morgan fingerprint density at radius 3 is 2.78 bits per heavy atom. The van der Waals surface area contributed by atoms with Crippen LogP contribution in [0.1, 0.15) is 0 Å². The van der Waals surface area contributed by atoms with E-state index >= 15 is 0 Å². The van der Waals surface area contributed by atoms with Gasteiger partial charge >= 0.3 is 5.97 Å². The summed E-state index contributed by atoms with van der Waals surface area (Å²) in [6.45, 7) is 0. The lowest BCUT2D eigenvalue weighted by Gasteiger charge is -1.89. The summed E-state index contributed by atoms with van der Waals surface area (Å²) < 4.78 is 16.4. The van der Waals surface area contributed by atoms with Gasteiger partial charge in [-0.05, 0) is 0 Å².